The largest absolute Gasteiger partial charge is 0.367 e. The van der Waals surface area contributed by atoms with E-state index < -0.39 is 5.60 Å². The topological polar surface area (TPSA) is 48.8 Å². The number of hydrogen-bond donors (Lipinski definition) is 1. The fraction of sp³-hybridized carbons (Fsp3) is 0.471. The van der Waals surface area contributed by atoms with E-state index in [1.165, 1.54) is 22.0 Å². The van der Waals surface area contributed by atoms with Crippen molar-refractivity contribution in [3.63, 3.8) is 0 Å². The highest BCUT2D eigenvalue weighted by Gasteiger charge is 2.38. The predicted octanol–water partition coefficient (Wildman–Crippen LogP) is 3.82. The van der Waals surface area contributed by atoms with Crippen LogP contribution in [0.25, 0.3) is 10.9 Å². The molecule has 3 heteroatoms. The zero-order chi connectivity index (χ0) is 14.2. The van der Waals surface area contributed by atoms with Crippen molar-refractivity contribution in [3.8, 4) is 6.07 Å². The summed E-state index contributed by atoms with van der Waals surface area (Å²) in [5.74, 6) is 0. The molecule has 2 aromatic rings. The van der Waals surface area contributed by atoms with E-state index in [2.05, 4.69) is 43.1 Å². The van der Waals surface area contributed by atoms with Gasteiger partial charge in [-0.2, -0.15) is 5.26 Å². The van der Waals surface area contributed by atoms with Crippen LogP contribution in [0.5, 0.6) is 0 Å². The first-order chi connectivity index (χ1) is 9.74. The molecule has 1 aliphatic heterocycles. The molecule has 1 aromatic carbocycles. The van der Waals surface area contributed by atoms with Crippen LogP contribution in [0.3, 0.4) is 0 Å². The molecule has 1 aliphatic rings. The third kappa shape index (κ3) is 1.83. The van der Waals surface area contributed by atoms with Gasteiger partial charge in [-0.15, -0.1) is 0 Å². The molecule has 2 heterocycles. The standard InChI is InChI=1S/C17H20N2O/c1-3-12-5-6-13-14-7-10-20-17(4-2,8-9-18)16(14)19-15(13)11-12/h5-6,11,19H,3-4,7-8,10H2,1-2H3. The number of rotatable bonds is 3. The smallest absolute Gasteiger partial charge is 0.121 e. The van der Waals surface area contributed by atoms with Gasteiger partial charge in [0.05, 0.1) is 24.8 Å². The Morgan fingerprint density at radius 3 is 2.95 bits per heavy atom. The number of aromatic amines is 1. The van der Waals surface area contributed by atoms with Crippen molar-refractivity contribution in [1.29, 1.82) is 5.26 Å². The number of nitrogens with zero attached hydrogens (tertiary/aromatic N) is 1. The van der Waals surface area contributed by atoms with Crippen LogP contribution in [0, 0.1) is 11.3 Å². The van der Waals surface area contributed by atoms with Gasteiger partial charge in [-0.05, 0) is 36.5 Å². The minimum Gasteiger partial charge on any atom is -0.367 e. The highest BCUT2D eigenvalue weighted by molar-refractivity contribution is 5.86. The third-order valence-corrected chi connectivity index (χ3v) is 4.50. The molecule has 104 valence electrons. The van der Waals surface area contributed by atoms with Crippen LogP contribution in [0.4, 0.5) is 0 Å². The molecule has 0 aliphatic carbocycles. The summed E-state index contributed by atoms with van der Waals surface area (Å²) in [5, 5.41) is 10.4. The Morgan fingerprint density at radius 1 is 1.40 bits per heavy atom. The van der Waals surface area contributed by atoms with Gasteiger partial charge in [0, 0.05) is 10.9 Å². The molecule has 1 unspecified atom stereocenters. The molecule has 0 fully saturated rings. The molecule has 0 bridgehead atoms. The fourth-order valence-electron chi connectivity index (χ4n) is 3.26. The second kappa shape index (κ2) is 4.96. The number of nitriles is 1. The van der Waals surface area contributed by atoms with E-state index in [-0.39, 0.29) is 0 Å². The van der Waals surface area contributed by atoms with Gasteiger partial charge in [0.2, 0.25) is 0 Å². The van der Waals surface area contributed by atoms with Gasteiger partial charge < -0.3 is 9.72 Å². The number of aromatic nitrogens is 1. The van der Waals surface area contributed by atoms with Crippen LogP contribution in [0.2, 0.25) is 0 Å². The predicted molar refractivity (Wildman–Crippen MR) is 79.5 cm³/mol. The molecule has 0 spiro atoms. The lowest BCUT2D eigenvalue weighted by Gasteiger charge is -2.34. The van der Waals surface area contributed by atoms with Crippen molar-refractivity contribution in [2.45, 2.75) is 45.1 Å². The highest BCUT2D eigenvalue weighted by Crippen LogP contribution is 2.41. The normalized spacial score (nSPS) is 21.6. The average molecular weight is 268 g/mol. The van der Waals surface area contributed by atoms with Gasteiger partial charge in [-0.1, -0.05) is 26.0 Å². The summed E-state index contributed by atoms with van der Waals surface area (Å²) in [6.07, 6.45) is 3.19. The molecule has 0 saturated carbocycles. The maximum absolute atomic E-state index is 9.15. The molecule has 0 radical (unpaired) electrons. The third-order valence-electron chi connectivity index (χ3n) is 4.50. The molecule has 1 aromatic heterocycles. The second-order valence-electron chi connectivity index (χ2n) is 5.49. The zero-order valence-electron chi connectivity index (χ0n) is 12.1. The van der Waals surface area contributed by atoms with Crippen molar-refractivity contribution in [3.05, 3.63) is 35.0 Å². The van der Waals surface area contributed by atoms with Crippen molar-refractivity contribution < 1.29 is 4.74 Å². The number of nitrogens with one attached hydrogen (secondary N) is 1. The van der Waals surface area contributed by atoms with Gasteiger partial charge in [-0.3, -0.25) is 0 Å². The first kappa shape index (κ1) is 13.2. The summed E-state index contributed by atoms with van der Waals surface area (Å²) in [4.78, 5) is 3.54. The van der Waals surface area contributed by atoms with Gasteiger partial charge in [0.25, 0.3) is 0 Å². The molecule has 3 rings (SSSR count). The van der Waals surface area contributed by atoms with Crippen molar-refractivity contribution in [1.82, 2.24) is 4.98 Å². The minimum absolute atomic E-state index is 0.407. The number of hydrogen-bond acceptors (Lipinski definition) is 2. The van der Waals surface area contributed by atoms with Crippen molar-refractivity contribution in [2.75, 3.05) is 6.61 Å². The van der Waals surface area contributed by atoms with Gasteiger partial charge in [-0.25, -0.2) is 0 Å². The minimum atomic E-state index is -0.451. The Kier molecular flexibility index (Phi) is 3.27. The van der Waals surface area contributed by atoms with E-state index in [0.29, 0.717) is 13.0 Å². The van der Waals surface area contributed by atoms with E-state index in [1.54, 1.807) is 0 Å². The lowest BCUT2D eigenvalue weighted by Crippen LogP contribution is -2.34. The summed E-state index contributed by atoms with van der Waals surface area (Å²) in [6, 6.07) is 8.92. The lowest BCUT2D eigenvalue weighted by atomic mass is 9.86. The van der Waals surface area contributed by atoms with E-state index in [9.17, 15) is 0 Å². The quantitative estimate of drug-likeness (QED) is 0.919. The molecular formula is C17H20N2O. The highest BCUT2D eigenvalue weighted by atomic mass is 16.5. The molecule has 1 N–H and O–H groups in total. The Morgan fingerprint density at radius 2 is 2.25 bits per heavy atom. The number of fused-ring (bicyclic) bond motifs is 3. The van der Waals surface area contributed by atoms with Gasteiger partial charge >= 0.3 is 0 Å². The number of benzene rings is 1. The monoisotopic (exact) mass is 268 g/mol. The Balaban J connectivity index is 2.21. The molecule has 0 saturated heterocycles. The van der Waals surface area contributed by atoms with E-state index >= 15 is 0 Å². The maximum Gasteiger partial charge on any atom is 0.121 e. The first-order valence-corrected chi connectivity index (χ1v) is 7.39. The zero-order valence-corrected chi connectivity index (χ0v) is 12.1. The van der Waals surface area contributed by atoms with E-state index in [4.69, 9.17) is 10.00 Å². The summed E-state index contributed by atoms with van der Waals surface area (Å²) in [5.41, 5.74) is 4.52. The summed E-state index contributed by atoms with van der Waals surface area (Å²) < 4.78 is 6.01. The Bertz CT molecular complexity index is 680. The fourth-order valence-corrected chi connectivity index (χ4v) is 3.26. The molecule has 1 atom stereocenters. The Hall–Kier alpha value is -1.79. The van der Waals surface area contributed by atoms with Crippen LogP contribution < -0.4 is 0 Å². The number of H-pyrrole nitrogens is 1. The summed E-state index contributed by atoms with van der Waals surface area (Å²) >= 11 is 0. The Labute approximate surface area is 119 Å². The molecular weight excluding hydrogens is 248 g/mol. The second-order valence-corrected chi connectivity index (χ2v) is 5.49. The summed E-state index contributed by atoms with van der Waals surface area (Å²) in [7, 11) is 0. The average Bonchev–Trinajstić information content (AvgIpc) is 2.86. The van der Waals surface area contributed by atoms with Crippen molar-refractivity contribution >= 4 is 10.9 Å². The molecule has 20 heavy (non-hydrogen) atoms. The van der Waals surface area contributed by atoms with Gasteiger partial charge in [0.15, 0.2) is 0 Å². The van der Waals surface area contributed by atoms with E-state index in [0.717, 1.165) is 25.0 Å². The van der Waals surface area contributed by atoms with Crippen LogP contribution in [0.15, 0.2) is 18.2 Å². The van der Waals surface area contributed by atoms with Crippen LogP contribution in [-0.2, 0) is 23.2 Å². The summed E-state index contributed by atoms with van der Waals surface area (Å²) in [6.45, 7) is 4.96. The van der Waals surface area contributed by atoms with Gasteiger partial charge in [0.1, 0.15) is 5.60 Å². The molecule has 3 nitrogen and oxygen atoms in total. The number of aryl methyl sites for hydroxylation is 1. The van der Waals surface area contributed by atoms with Crippen LogP contribution in [0.1, 0.15) is 43.5 Å². The van der Waals surface area contributed by atoms with E-state index in [1.807, 2.05) is 0 Å². The van der Waals surface area contributed by atoms with Crippen LogP contribution in [-0.4, -0.2) is 11.6 Å². The van der Waals surface area contributed by atoms with Crippen LogP contribution >= 0.6 is 0 Å². The first-order valence-electron chi connectivity index (χ1n) is 7.39. The van der Waals surface area contributed by atoms with Crippen molar-refractivity contribution in [2.24, 2.45) is 0 Å². The lowest BCUT2D eigenvalue weighted by molar-refractivity contribution is -0.0625. The SMILES string of the molecule is CCc1ccc2c3c([nH]c2c1)C(CC)(CC#N)OCC3. The maximum atomic E-state index is 9.15. The molecule has 0 amide bonds. The number of ether oxygens (including phenoxy) is 1.